The van der Waals surface area contributed by atoms with Crippen molar-refractivity contribution in [2.24, 2.45) is 0 Å². The summed E-state index contributed by atoms with van der Waals surface area (Å²) < 4.78 is 16.4. The summed E-state index contributed by atoms with van der Waals surface area (Å²) in [6.07, 6.45) is 0.984. The highest BCUT2D eigenvalue weighted by Crippen LogP contribution is 2.28. The van der Waals surface area contributed by atoms with Crippen molar-refractivity contribution in [3.05, 3.63) is 48.0 Å². The second-order valence-electron chi connectivity index (χ2n) is 5.63. The molecule has 1 heterocycles. The molecule has 0 unspecified atom stereocenters. The molecule has 0 aliphatic carbocycles. The summed E-state index contributed by atoms with van der Waals surface area (Å²) in [5, 5.41) is 6.77. The van der Waals surface area contributed by atoms with Crippen LogP contribution < -0.4 is 24.8 Å². The molecule has 0 spiro atoms. The summed E-state index contributed by atoms with van der Waals surface area (Å²) in [6.45, 7) is 4.00. The van der Waals surface area contributed by atoms with Gasteiger partial charge in [0.1, 0.15) is 30.5 Å². The Labute approximate surface area is 142 Å². The summed E-state index contributed by atoms with van der Waals surface area (Å²) in [5.41, 5.74) is 2.40. The Morgan fingerprint density at radius 1 is 1.08 bits per heavy atom. The number of benzene rings is 2. The minimum absolute atomic E-state index is 0.645. The number of methoxy groups -OCH3 is 1. The van der Waals surface area contributed by atoms with Crippen LogP contribution in [-0.2, 0) is 6.42 Å². The maximum atomic E-state index is 5.69. The lowest BCUT2D eigenvalue weighted by molar-refractivity contribution is 0.313. The van der Waals surface area contributed by atoms with Crippen molar-refractivity contribution >= 4 is 5.69 Å². The van der Waals surface area contributed by atoms with Crippen LogP contribution in [0, 0.1) is 0 Å². The normalized spacial score (nSPS) is 12.7. The zero-order chi connectivity index (χ0) is 16.6. The molecule has 1 aliphatic rings. The molecular weight excluding hydrogens is 304 g/mol. The SMILES string of the molecule is COc1ccc(OCCNCCc2ccc3c(c2)NCCO3)cc1. The number of ether oxygens (including phenoxy) is 3. The van der Waals surface area contributed by atoms with Crippen LogP contribution in [0.25, 0.3) is 0 Å². The van der Waals surface area contributed by atoms with Gasteiger partial charge in [-0.3, -0.25) is 0 Å². The molecule has 128 valence electrons. The summed E-state index contributed by atoms with van der Waals surface area (Å²) in [5.74, 6) is 2.65. The third-order valence-electron chi connectivity index (χ3n) is 3.92. The molecular formula is C19H24N2O3. The fraction of sp³-hybridized carbons (Fsp3) is 0.368. The lowest BCUT2D eigenvalue weighted by Gasteiger charge is -2.19. The molecule has 5 heteroatoms. The van der Waals surface area contributed by atoms with E-state index >= 15 is 0 Å². The van der Waals surface area contributed by atoms with Crippen molar-refractivity contribution in [3.63, 3.8) is 0 Å². The van der Waals surface area contributed by atoms with Gasteiger partial charge in [-0.25, -0.2) is 0 Å². The Balaban J connectivity index is 1.33. The number of fused-ring (bicyclic) bond motifs is 1. The molecule has 1 aliphatic heterocycles. The first-order valence-corrected chi connectivity index (χ1v) is 8.32. The van der Waals surface area contributed by atoms with E-state index in [2.05, 4.69) is 22.8 Å². The standard InChI is InChI=1S/C19H24N2O3/c1-22-16-3-5-17(6-4-16)23-12-10-20-9-8-15-2-7-19-18(14-15)21-11-13-24-19/h2-7,14,20-21H,8-13H2,1H3. The first-order chi connectivity index (χ1) is 11.8. The maximum absolute atomic E-state index is 5.69. The van der Waals surface area contributed by atoms with Gasteiger partial charge < -0.3 is 24.8 Å². The van der Waals surface area contributed by atoms with Gasteiger partial charge in [0.2, 0.25) is 0 Å². The number of hydrogen-bond donors (Lipinski definition) is 2. The molecule has 0 aromatic heterocycles. The largest absolute Gasteiger partial charge is 0.497 e. The smallest absolute Gasteiger partial charge is 0.142 e. The summed E-state index contributed by atoms with van der Waals surface area (Å²) >= 11 is 0. The van der Waals surface area contributed by atoms with Gasteiger partial charge in [0.05, 0.1) is 12.8 Å². The number of nitrogens with one attached hydrogen (secondary N) is 2. The molecule has 0 amide bonds. The van der Waals surface area contributed by atoms with E-state index in [9.17, 15) is 0 Å². The van der Waals surface area contributed by atoms with Crippen molar-refractivity contribution < 1.29 is 14.2 Å². The van der Waals surface area contributed by atoms with E-state index in [0.29, 0.717) is 6.61 Å². The van der Waals surface area contributed by atoms with Crippen LogP contribution in [0.5, 0.6) is 17.2 Å². The van der Waals surface area contributed by atoms with Crippen molar-refractivity contribution in [3.8, 4) is 17.2 Å². The molecule has 2 N–H and O–H groups in total. The molecule has 0 fully saturated rings. The summed E-state index contributed by atoms with van der Waals surface area (Å²) in [7, 11) is 1.66. The monoisotopic (exact) mass is 328 g/mol. The molecule has 24 heavy (non-hydrogen) atoms. The number of anilines is 1. The molecule has 0 atom stereocenters. The average molecular weight is 328 g/mol. The Kier molecular flexibility index (Phi) is 5.80. The molecule has 5 nitrogen and oxygen atoms in total. The van der Waals surface area contributed by atoms with E-state index in [0.717, 1.165) is 55.6 Å². The van der Waals surface area contributed by atoms with E-state index in [1.54, 1.807) is 7.11 Å². The zero-order valence-corrected chi connectivity index (χ0v) is 14.0. The molecule has 0 radical (unpaired) electrons. The Morgan fingerprint density at radius 2 is 1.92 bits per heavy atom. The molecule has 0 saturated carbocycles. The molecule has 2 aromatic rings. The molecule has 2 aromatic carbocycles. The van der Waals surface area contributed by atoms with E-state index in [4.69, 9.17) is 14.2 Å². The van der Waals surface area contributed by atoms with Crippen molar-refractivity contribution in [2.45, 2.75) is 6.42 Å². The second-order valence-corrected chi connectivity index (χ2v) is 5.63. The third-order valence-corrected chi connectivity index (χ3v) is 3.92. The fourth-order valence-corrected chi connectivity index (χ4v) is 2.61. The van der Waals surface area contributed by atoms with Crippen LogP contribution in [0.2, 0.25) is 0 Å². The fourth-order valence-electron chi connectivity index (χ4n) is 2.61. The van der Waals surface area contributed by atoms with E-state index in [1.807, 2.05) is 30.3 Å². The van der Waals surface area contributed by atoms with Gasteiger partial charge in [-0.1, -0.05) is 6.07 Å². The van der Waals surface area contributed by atoms with Crippen LogP contribution in [0.1, 0.15) is 5.56 Å². The average Bonchev–Trinajstić information content (AvgIpc) is 2.65. The lowest BCUT2D eigenvalue weighted by Crippen LogP contribution is -2.23. The van der Waals surface area contributed by atoms with Crippen LogP contribution in [0.3, 0.4) is 0 Å². The highest BCUT2D eigenvalue weighted by molar-refractivity contribution is 5.59. The number of rotatable bonds is 8. The van der Waals surface area contributed by atoms with Gasteiger partial charge in [-0.2, -0.15) is 0 Å². The molecule has 3 rings (SSSR count). The predicted octanol–water partition coefficient (Wildman–Crippen LogP) is 2.71. The highest BCUT2D eigenvalue weighted by atomic mass is 16.5. The molecule has 0 saturated heterocycles. The van der Waals surface area contributed by atoms with E-state index < -0.39 is 0 Å². The second kappa shape index (κ2) is 8.45. The first kappa shape index (κ1) is 16.5. The van der Waals surface area contributed by atoms with Gasteiger partial charge in [-0.15, -0.1) is 0 Å². The van der Waals surface area contributed by atoms with Crippen LogP contribution >= 0.6 is 0 Å². The van der Waals surface area contributed by atoms with E-state index in [1.165, 1.54) is 5.56 Å². The van der Waals surface area contributed by atoms with Crippen molar-refractivity contribution in [2.75, 3.05) is 45.3 Å². The lowest BCUT2D eigenvalue weighted by atomic mass is 10.1. The summed E-state index contributed by atoms with van der Waals surface area (Å²) in [6, 6.07) is 14.0. The van der Waals surface area contributed by atoms with Crippen molar-refractivity contribution in [1.82, 2.24) is 5.32 Å². The number of hydrogen-bond acceptors (Lipinski definition) is 5. The Morgan fingerprint density at radius 3 is 2.75 bits per heavy atom. The quantitative estimate of drug-likeness (QED) is 0.730. The van der Waals surface area contributed by atoms with Gasteiger partial charge in [-0.05, 0) is 54.9 Å². The highest BCUT2D eigenvalue weighted by Gasteiger charge is 2.09. The zero-order valence-electron chi connectivity index (χ0n) is 14.0. The maximum Gasteiger partial charge on any atom is 0.142 e. The van der Waals surface area contributed by atoms with E-state index in [-0.39, 0.29) is 0 Å². The van der Waals surface area contributed by atoms with Crippen molar-refractivity contribution in [1.29, 1.82) is 0 Å². The van der Waals surface area contributed by atoms with Crippen LogP contribution in [-0.4, -0.2) is 40.0 Å². The van der Waals surface area contributed by atoms with Gasteiger partial charge >= 0.3 is 0 Å². The summed E-state index contributed by atoms with van der Waals surface area (Å²) in [4.78, 5) is 0. The van der Waals surface area contributed by atoms with Gasteiger partial charge in [0.25, 0.3) is 0 Å². The molecule has 0 bridgehead atoms. The Bertz CT molecular complexity index is 644. The third kappa shape index (κ3) is 4.55. The van der Waals surface area contributed by atoms with Crippen LogP contribution in [0.15, 0.2) is 42.5 Å². The topological polar surface area (TPSA) is 51.8 Å². The van der Waals surface area contributed by atoms with Gasteiger partial charge in [0.15, 0.2) is 0 Å². The predicted molar refractivity (Wildman–Crippen MR) is 95.5 cm³/mol. The first-order valence-electron chi connectivity index (χ1n) is 8.32. The van der Waals surface area contributed by atoms with Crippen LogP contribution in [0.4, 0.5) is 5.69 Å². The Hall–Kier alpha value is -2.40. The minimum atomic E-state index is 0.645. The minimum Gasteiger partial charge on any atom is -0.497 e. The van der Waals surface area contributed by atoms with Gasteiger partial charge in [0, 0.05) is 13.1 Å².